The van der Waals surface area contributed by atoms with Gasteiger partial charge in [-0.25, -0.2) is 0 Å². The highest BCUT2D eigenvalue weighted by Gasteiger charge is 2.47. The lowest BCUT2D eigenvalue weighted by Gasteiger charge is -2.05. The first-order valence-corrected chi connectivity index (χ1v) is 7.16. The van der Waals surface area contributed by atoms with Crippen molar-refractivity contribution in [2.24, 2.45) is 11.8 Å². The molecular weight excluding hydrogens is 254 g/mol. The molecule has 0 radical (unpaired) electrons. The van der Waals surface area contributed by atoms with E-state index in [1.165, 1.54) is 0 Å². The van der Waals surface area contributed by atoms with Gasteiger partial charge in [0.15, 0.2) is 0 Å². The zero-order valence-corrected chi connectivity index (χ0v) is 11.8. The molecule has 1 aliphatic rings. The SMILES string of the molecule is CCCCNC(=O)C1CC1C(=O)NCc1ccncc1. The fourth-order valence-corrected chi connectivity index (χ4v) is 2.11. The molecule has 1 aromatic rings. The third-order valence-electron chi connectivity index (χ3n) is 3.51. The minimum absolute atomic E-state index is 0.0162. The summed E-state index contributed by atoms with van der Waals surface area (Å²) in [5.41, 5.74) is 1.01. The summed E-state index contributed by atoms with van der Waals surface area (Å²) < 4.78 is 0. The highest BCUT2D eigenvalue weighted by molar-refractivity contribution is 5.92. The van der Waals surface area contributed by atoms with E-state index in [0.717, 1.165) is 18.4 Å². The van der Waals surface area contributed by atoms with E-state index in [0.29, 0.717) is 19.5 Å². The number of amides is 2. The maximum absolute atomic E-state index is 11.9. The van der Waals surface area contributed by atoms with Gasteiger partial charge in [0.05, 0.1) is 11.8 Å². The summed E-state index contributed by atoms with van der Waals surface area (Å²) in [4.78, 5) is 27.6. The Bertz CT molecular complexity index is 461. The predicted molar refractivity (Wildman–Crippen MR) is 75.6 cm³/mol. The first-order valence-electron chi connectivity index (χ1n) is 7.16. The Hall–Kier alpha value is -1.91. The van der Waals surface area contributed by atoms with Crippen molar-refractivity contribution in [2.75, 3.05) is 6.54 Å². The Balaban J connectivity index is 1.69. The molecule has 108 valence electrons. The summed E-state index contributed by atoms with van der Waals surface area (Å²) in [6.45, 7) is 3.28. The maximum atomic E-state index is 11.9. The minimum Gasteiger partial charge on any atom is -0.356 e. The monoisotopic (exact) mass is 275 g/mol. The summed E-state index contributed by atoms with van der Waals surface area (Å²) in [5, 5.41) is 5.74. The van der Waals surface area contributed by atoms with Gasteiger partial charge in [0.25, 0.3) is 0 Å². The van der Waals surface area contributed by atoms with Crippen molar-refractivity contribution in [1.29, 1.82) is 0 Å². The van der Waals surface area contributed by atoms with Crippen LogP contribution in [0.5, 0.6) is 0 Å². The maximum Gasteiger partial charge on any atom is 0.224 e. The van der Waals surface area contributed by atoms with E-state index < -0.39 is 0 Å². The van der Waals surface area contributed by atoms with Crippen LogP contribution in [0.3, 0.4) is 0 Å². The molecule has 2 N–H and O–H groups in total. The van der Waals surface area contributed by atoms with E-state index in [9.17, 15) is 9.59 Å². The Morgan fingerprint density at radius 1 is 1.20 bits per heavy atom. The summed E-state index contributed by atoms with van der Waals surface area (Å²) in [6, 6.07) is 3.73. The molecule has 2 atom stereocenters. The average Bonchev–Trinajstić information content (AvgIpc) is 3.26. The Morgan fingerprint density at radius 2 is 1.85 bits per heavy atom. The van der Waals surface area contributed by atoms with Crippen LogP contribution in [-0.4, -0.2) is 23.3 Å². The second-order valence-electron chi connectivity index (χ2n) is 5.17. The van der Waals surface area contributed by atoms with Crippen molar-refractivity contribution in [3.8, 4) is 0 Å². The minimum atomic E-state index is -0.154. The molecule has 2 amide bonds. The van der Waals surface area contributed by atoms with Crippen LogP contribution in [0, 0.1) is 11.8 Å². The zero-order chi connectivity index (χ0) is 14.4. The van der Waals surface area contributed by atoms with Gasteiger partial charge in [-0.2, -0.15) is 0 Å². The second-order valence-corrected chi connectivity index (χ2v) is 5.17. The number of aromatic nitrogens is 1. The topological polar surface area (TPSA) is 71.1 Å². The molecule has 2 unspecified atom stereocenters. The Labute approximate surface area is 119 Å². The molecule has 1 aliphatic carbocycles. The third kappa shape index (κ3) is 4.05. The van der Waals surface area contributed by atoms with Gasteiger partial charge in [0, 0.05) is 25.5 Å². The van der Waals surface area contributed by atoms with E-state index in [4.69, 9.17) is 0 Å². The fourth-order valence-electron chi connectivity index (χ4n) is 2.11. The number of unbranched alkanes of at least 4 members (excludes halogenated alkanes) is 1. The number of rotatable bonds is 7. The van der Waals surface area contributed by atoms with E-state index in [2.05, 4.69) is 22.5 Å². The lowest BCUT2D eigenvalue weighted by Crippen LogP contribution is -2.30. The van der Waals surface area contributed by atoms with Gasteiger partial charge >= 0.3 is 0 Å². The number of nitrogens with one attached hydrogen (secondary N) is 2. The van der Waals surface area contributed by atoms with Gasteiger partial charge in [-0.15, -0.1) is 0 Å². The van der Waals surface area contributed by atoms with Crippen LogP contribution in [0.4, 0.5) is 0 Å². The van der Waals surface area contributed by atoms with E-state index >= 15 is 0 Å². The molecule has 1 fully saturated rings. The van der Waals surface area contributed by atoms with Gasteiger partial charge in [-0.3, -0.25) is 14.6 Å². The Morgan fingerprint density at radius 3 is 2.50 bits per heavy atom. The average molecular weight is 275 g/mol. The van der Waals surface area contributed by atoms with Crippen LogP contribution in [0.15, 0.2) is 24.5 Å². The number of carbonyl (C=O) groups excluding carboxylic acids is 2. The standard InChI is InChI=1S/C15H21N3O2/c1-2-3-6-17-14(19)12-9-13(12)15(20)18-10-11-4-7-16-8-5-11/h4-5,7-8,12-13H,2-3,6,9-10H2,1H3,(H,17,19)(H,18,20). The largest absolute Gasteiger partial charge is 0.356 e. The first kappa shape index (κ1) is 14.5. The first-order chi connectivity index (χ1) is 9.72. The van der Waals surface area contributed by atoms with Crippen molar-refractivity contribution in [2.45, 2.75) is 32.7 Å². The van der Waals surface area contributed by atoms with E-state index in [1.54, 1.807) is 12.4 Å². The molecule has 20 heavy (non-hydrogen) atoms. The highest BCUT2D eigenvalue weighted by Crippen LogP contribution is 2.38. The molecule has 0 aliphatic heterocycles. The number of hydrogen-bond donors (Lipinski definition) is 2. The van der Waals surface area contributed by atoms with Gasteiger partial charge in [0.2, 0.25) is 11.8 Å². The lowest BCUT2D eigenvalue weighted by molar-refractivity contribution is -0.127. The molecule has 0 saturated heterocycles. The molecule has 2 rings (SSSR count). The Kier molecular flexibility index (Phi) is 5.09. The fraction of sp³-hybridized carbons (Fsp3) is 0.533. The normalized spacial score (nSPS) is 20.2. The van der Waals surface area contributed by atoms with E-state index in [-0.39, 0.29) is 23.7 Å². The van der Waals surface area contributed by atoms with Gasteiger partial charge in [0.1, 0.15) is 0 Å². The molecule has 5 heteroatoms. The molecule has 1 aromatic heterocycles. The van der Waals surface area contributed by atoms with Crippen molar-refractivity contribution in [3.63, 3.8) is 0 Å². The van der Waals surface area contributed by atoms with Crippen molar-refractivity contribution in [3.05, 3.63) is 30.1 Å². The summed E-state index contributed by atoms with van der Waals surface area (Å²) in [5.74, 6) is -0.303. The zero-order valence-electron chi connectivity index (χ0n) is 11.8. The summed E-state index contributed by atoms with van der Waals surface area (Å²) >= 11 is 0. The van der Waals surface area contributed by atoms with Crippen molar-refractivity contribution >= 4 is 11.8 Å². The van der Waals surface area contributed by atoms with Crippen LogP contribution < -0.4 is 10.6 Å². The molecule has 0 bridgehead atoms. The third-order valence-corrected chi connectivity index (χ3v) is 3.51. The number of nitrogens with zero attached hydrogens (tertiary/aromatic N) is 1. The number of pyridine rings is 1. The molecule has 1 heterocycles. The molecule has 5 nitrogen and oxygen atoms in total. The van der Waals surface area contributed by atoms with Crippen molar-refractivity contribution in [1.82, 2.24) is 15.6 Å². The second kappa shape index (κ2) is 7.03. The van der Waals surface area contributed by atoms with Crippen LogP contribution in [0.2, 0.25) is 0 Å². The van der Waals surface area contributed by atoms with Crippen molar-refractivity contribution < 1.29 is 9.59 Å². The van der Waals surface area contributed by atoms with Crippen LogP contribution >= 0.6 is 0 Å². The van der Waals surface area contributed by atoms with Gasteiger partial charge < -0.3 is 10.6 Å². The molecule has 0 aromatic carbocycles. The quantitative estimate of drug-likeness (QED) is 0.736. The summed E-state index contributed by atoms with van der Waals surface area (Å²) in [6.07, 6.45) is 6.10. The highest BCUT2D eigenvalue weighted by atomic mass is 16.2. The number of hydrogen-bond acceptors (Lipinski definition) is 3. The lowest BCUT2D eigenvalue weighted by atomic mass is 10.2. The summed E-state index contributed by atoms with van der Waals surface area (Å²) in [7, 11) is 0. The van der Waals surface area contributed by atoms with Gasteiger partial charge in [-0.05, 0) is 30.5 Å². The van der Waals surface area contributed by atoms with Crippen LogP contribution in [-0.2, 0) is 16.1 Å². The molecular formula is C15H21N3O2. The van der Waals surface area contributed by atoms with Crippen LogP contribution in [0.25, 0.3) is 0 Å². The number of carbonyl (C=O) groups is 2. The van der Waals surface area contributed by atoms with E-state index in [1.807, 2.05) is 12.1 Å². The smallest absolute Gasteiger partial charge is 0.224 e. The van der Waals surface area contributed by atoms with Gasteiger partial charge in [-0.1, -0.05) is 13.3 Å². The molecule has 1 saturated carbocycles. The predicted octanol–water partition coefficient (Wildman–Crippen LogP) is 1.25. The molecule has 0 spiro atoms. The van der Waals surface area contributed by atoms with Crippen LogP contribution in [0.1, 0.15) is 31.7 Å².